The van der Waals surface area contributed by atoms with E-state index in [9.17, 15) is 34.9 Å². The average Bonchev–Trinajstić information content (AvgIpc) is 2.86. The summed E-state index contributed by atoms with van der Waals surface area (Å²) >= 11 is 0. The van der Waals surface area contributed by atoms with Crippen LogP contribution in [0.15, 0.2) is 78.4 Å². The molecule has 0 saturated carbocycles. The van der Waals surface area contributed by atoms with Gasteiger partial charge in [0, 0.05) is 24.3 Å². The van der Waals surface area contributed by atoms with Crippen molar-refractivity contribution in [1.29, 1.82) is 0 Å². The molecule has 3 aromatic carbocycles. The molecule has 178 valence electrons. The highest BCUT2D eigenvalue weighted by Crippen LogP contribution is 2.18. The SMILES string of the molecule is O=C(OCc1ccc([N+](=O)[O-])cc1)C(=Cc1ccc(O)cc1)C(=O)OCc1ccc([N+](=O)[O-])cc1. The number of benzene rings is 3. The molecule has 0 aliphatic heterocycles. The van der Waals surface area contributed by atoms with E-state index in [1.165, 1.54) is 78.9 Å². The molecule has 0 unspecified atom stereocenters. The lowest BCUT2D eigenvalue weighted by molar-refractivity contribution is -0.385. The van der Waals surface area contributed by atoms with Gasteiger partial charge in [-0.15, -0.1) is 0 Å². The van der Waals surface area contributed by atoms with Gasteiger partial charge < -0.3 is 14.6 Å². The number of nitro groups is 2. The van der Waals surface area contributed by atoms with Crippen LogP contribution in [0.5, 0.6) is 5.75 Å². The predicted octanol–water partition coefficient (Wildman–Crippen LogP) is 4.08. The van der Waals surface area contributed by atoms with Gasteiger partial charge in [-0.2, -0.15) is 0 Å². The van der Waals surface area contributed by atoms with E-state index in [2.05, 4.69) is 0 Å². The smallest absolute Gasteiger partial charge is 0.345 e. The summed E-state index contributed by atoms with van der Waals surface area (Å²) in [5, 5.41) is 31.0. The molecule has 11 nitrogen and oxygen atoms in total. The Morgan fingerprint density at radius 1 is 0.714 bits per heavy atom. The van der Waals surface area contributed by atoms with E-state index in [4.69, 9.17) is 9.47 Å². The van der Waals surface area contributed by atoms with Crippen LogP contribution in [0.1, 0.15) is 16.7 Å². The van der Waals surface area contributed by atoms with E-state index in [1.807, 2.05) is 0 Å². The number of carbonyl (C=O) groups excluding carboxylic acids is 2. The Labute approximate surface area is 198 Å². The monoisotopic (exact) mass is 478 g/mol. The third-order valence-electron chi connectivity index (χ3n) is 4.68. The Hall–Kier alpha value is -5.06. The molecule has 0 aromatic heterocycles. The molecule has 0 aliphatic rings. The molecule has 11 heteroatoms. The normalized spacial score (nSPS) is 10.2. The fourth-order valence-electron chi connectivity index (χ4n) is 2.82. The Bertz CT molecular complexity index is 1190. The zero-order valence-corrected chi connectivity index (χ0v) is 18.0. The maximum Gasteiger partial charge on any atom is 0.345 e. The van der Waals surface area contributed by atoms with E-state index in [-0.39, 0.29) is 30.3 Å². The first kappa shape index (κ1) is 24.6. The van der Waals surface area contributed by atoms with Crippen molar-refractivity contribution in [1.82, 2.24) is 0 Å². The average molecular weight is 478 g/mol. The van der Waals surface area contributed by atoms with Crippen LogP contribution < -0.4 is 0 Å². The third kappa shape index (κ3) is 6.96. The number of hydrogen-bond acceptors (Lipinski definition) is 9. The predicted molar refractivity (Wildman–Crippen MR) is 122 cm³/mol. The van der Waals surface area contributed by atoms with E-state index < -0.39 is 27.4 Å². The third-order valence-corrected chi connectivity index (χ3v) is 4.68. The lowest BCUT2D eigenvalue weighted by Gasteiger charge is -2.10. The second-order valence-corrected chi connectivity index (χ2v) is 7.15. The number of rotatable bonds is 9. The van der Waals surface area contributed by atoms with Crippen LogP contribution in [0.2, 0.25) is 0 Å². The maximum absolute atomic E-state index is 12.7. The topological polar surface area (TPSA) is 159 Å². The molecule has 0 amide bonds. The number of aromatic hydroxyl groups is 1. The fourth-order valence-corrected chi connectivity index (χ4v) is 2.82. The largest absolute Gasteiger partial charge is 0.508 e. The zero-order valence-electron chi connectivity index (χ0n) is 18.0. The van der Waals surface area contributed by atoms with Crippen LogP contribution >= 0.6 is 0 Å². The number of nitro benzene ring substituents is 2. The van der Waals surface area contributed by atoms with Crippen molar-refractivity contribution in [2.75, 3.05) is 0 Å². The van der Waals surface area contributed by atoms with Gasteiger partial charge in [-0.05, 0) is 59.2 Å². The van der Waals surface area contributed by atoms with E-state index in [0.29, 0.717) is 16.7 Å². The van der Waals surface area contributed by atoms with Crippen LogP contribution in [0.3, 0.4) is 0 Å². The molecule has 3 rings (SSSR count). The number of carbonyl (C=O) groups is 2. The number of esters is 2. The number of hydrogen-bond donors (Lipinski definition) is 1. The van der Waals surface area contributed by atoms with Gasteiger partial charge in [0.05, 0.1) is 9.85 Å². The zero-order chi connectivity index (χ0) is 25.4. The van der Waals surface area contributed by atoms with Crippen molar-refractivity contribution >= 4 is 29.4 Å². The van der Waals surface area contributed by atoms with Crippen LogP contribution in [0.4, 0.5) is 11.4 Å². The molecule has 0 atom stereocenters. The highest BCUT2D eigenvalue weighted by Gasteiger charge is 2.22. The van der Waals surface area contributed by atoms with E-state index in [1.54, 1.807) is 0 Å². The molecule has 3 aromatic rings. The molecular formula is C24H18N2O9. The quantitative estimate of drug-likeness (QED) is 0.119. The summed E-state index contributed by atoms with van der Waals surface area (Å²) < 4.78 is 10.4. The molecule has 35 heavy (non-hydrogen) atoms. The minimum absolute atomic E-state index is 0.00908. The van der Waals surface area contributed by atoms with Gasteiger partial charge in [0.15, 0.2) is 0 Å². The lowest BCUT2D eigenvalue weighted by atomic mass is 10.1. The standard InChI is InChI=1S/C24H18N2O9/c27-21-11-5-16(6-12-21)13-22(23(28)34-14-17-1-7-19(8-2-17)25(30)31)24(29)35-15-18-3-9-20(10-4-18)26(32)33/h1-13,27H,14-15H2. The Kier molecular flexibility index (Phi) is 7.86. The van der Waals surface area contributed by atoms with Crippen LogP contribution in [0, 0.1) is 20.2 Å². The minimum Gasteiger partial charge on any atom is -0.508 e. The summed E-state index contributed by atoms with van der Waals surface area (Å²) in [5.74, 6) is -2.00. The second-order valence-electron chi connectivity index (χ2n) is 7.15. The van der Waals surface area contributed by atoms with Crippen molar-refractivity contribution in [3.05, 3.63) is 115 Å². The van der Waals surface area contributed by atoms with Gasteiger partial charge >= 0.3 is 11.9 Å². The van der Waals surface area contributed by atoms with Gasteiger partial charge in [0.1, 0.15) is 24.5 Å². The van der Waals surface area contributed by atoms with Crippen molar-refractivity contribution in [3.63, 3.8) is 0 Å². The Morgan fingerprint density at radius 3 is 1.49 bits per heavy atom. The summed E-state index contributed by atoms with van der Waals surface area (Å²) in [5.41, 5.74) is 0.668. The minimum atomic E-state index is -0.995. The van der Waals surface area contributed by atoms with Crippen LogP contribution in [0.25, 0.3) is 6.08 Å². The molecular weight excluding hydrogens is 460 g/mol. The molecule has 0 saturated heterocycles. The van der Waals surface area contributed by atoms with Gasteiger partial charge in [0.2, 0.25) is 0 Å². The van der Waals surface area contributed by atoms with Crippen molar-refractivity contribution in [2.24, 2.45) is 0 Å². The highest BCUT2D eigenvalue weighted by atomic mass is 16.6. The maximum atomic E-state index is 12.7. The van der Waals surface area contributed by atoms with E-state index >= 15 is 0 Å². The number of phenols is 1. The molecule has 1 N–H and O–H groups in total. The summed E-state index contributed by atoms with van der Waals surface area (Å²) in [4.78, 5) is 45.8. The van der Waals surface area contributed by atoms with Crippen LogP contribution in [-0.2, 0) is 32.3 Å². The van der Waals surface area contributed by atoms with Gasteiger partial charge in [-0.1, -0.05) is 12.1 Å². The van der Waals surface area contributed by atoms with Crippen LogP contribution in [-0.4, -0.2) is 26.9 Å². The number of nitrogens with zero attached hydrogens (tertiary/aromatic N) is 2. The highest BCUT2D eigenvalue weighted by molar-refractivity contribution is 6.17. The van der Waals surface area contributed by atoms with E-state index in [0.717, 1.165) is 0 Å². The number of ether oxygens (including phenoxy) is 2. The van der Waals surface area contributed by atoms with Gasteiger partial charge in [-0.25, -0.2) is 9.59 Å². The molecule has 0 spiro atoms. The summed E-state index contributed by atoms with van der Waals surface area (Å²) in [7, 11) is 0. The molecule has 0 aliphatic carbocycles. The first-order valence-corrected chi connectivity index (χ1v) is 10.0. The van der Waals surface area contributed by atoms with Crippen molar-refractivity contribution < 1.29 is 34.0 Å². The fraction of sp³-hybridized carbons (Fsp3) is 0.0833. The molecule has 0 heterocycles. The number of phenolic OH excluding ortho intramolecular Hbond substituents is 1. The second kappa shape index (κ2) is 11.2. The summed E-state index contributed by atoms with van der Waals surface area (Å²) in [6.07, 6.45) is 1.23. The molecule has 0 bridgehead atoms. The summed E-state index contributed by atoms with van der Waals surface area (Å²) in [6.45, 7) is -0.501. The van der Waals surface area contributed by atoms with Gasteiger partial charge in [-0.3, -0.25) is 20.2 Å². The first-order valence-electron chi connectivity index (χ1n) is 10.0. The lowest BCUT2D eigenvalue weighted by Crippen LogP contribution is -2.18. The summed E-state index contributed by atoms with van der Waals surface area (Å²) in [6, 6.07) is 16.4. The Balaban J connectivity index is 1.74. The van der Waals surface area contributed by atoms with Gasteiger partial charge in [0.25, 0.3) is 11.4 Å². The molecule has 0 radical (unpaired) electrons. The number of non-ortho nitro benzene ring substituents is 2. The molecule has 0 fully saturated rings. The van der Waals surface area contributed by atoms with Crippen molar-refractivity contribution in [2.45, 2.75) is 13.2 Å². The van der Waals surface area contributed by atoms with Crippen molar-refractivity contribution in [3.8, 4) is 5.75 Å². The Morgan fingerprint density at radius 2 is 1.11 bits per heavy atom. The first-order chi connectivity index (χ1) is 16.7.